The molecule has 1 aromatic rings. The summed E-state index contributed by atoms with van der Waals surface area (Å²) in [6.07, 6.45) is -1.05. The molecule has 1 fully saturated rings. The van der Waals surface area contributed by atoms with E-state index in [0.717, 1.165) is 5.56 Å². The smallest absolute Gasteiger partial charge is 0.411 e. The number of rotatable bonds is 3. The molecule has 1 saturated heterocycles. The maximum atomic E-state index is 12.6. The zero-order valence-corrected chi connectivity index (χ0v) is 14.6. The van der Waals surface area contributed by atoms with Crippen molar-refractivity contribution in [2.45, 2.75) is 50.9 Å². The van der Waals surface area contributed by atoms with Gasteiger partial charge in [-0.25, -0.2) is 9.59 Å². The highest BCUT2D eigenvalue weighted by molar-refractivity contribution is 5.87. The van der Waals surface area contributed by atoms with Crippen LogP contribution in [0.5, 0.6) is 0 Å². The third-order valence-electron chi connectivity index (χ3n) is 4.00. The van der Waals surface area contributed by atoms with E-state index in [9.17, 15) is 14.7 Å². The minimum atomic E-state index is -1.27. The molecule has 1 heterocycles. The molecule has 1 aliphatic rings. The average molecular weight is 335 g/mol. The molecule has 6 heteroatoms. The molecule has 0 saturated carbocycles. The Morgan fingerprint density at radius 2 is 1.92 bits per heavy atom. The van der Waals surface area contributed by atoms with Crippen molar-refractivity contribution in [2.24, 2.45) is 0 Å². The number of hydrogen-bond acceptors (Lipinski definition) is 5. The molecule has 1 aromatic carbocycles. The van der Waals surface area contributed by atoms with Crippen molar-refractivity contribution in [3.8, 4) is 0 Å². The Bertz CT molecular complexity index is 595. The highest BCUT2D eigenvalue weighted by Gasteiger charge is 2.55. The third kappa shape index (κ3) is 3.87. The molecule has 1 amide bonds. The van der Waals surface area contributed by atoms with Crippen molar-refractivity contribution in [2.75, 3.05) is 13.7 Å². The third-order valence-corrected chi connectivity index (χ3v) is 4.00. The molecular formula is C18H25NO5. The number of nitrogens with zero attached hydrogens (tertiary/aromatic N) is 1. The Hall–Kier alpha value is -2.08. The summed E-state index contributed by atoms with van der Waals surface area (Å²) in [6.45, 7) is 5.31. The van der Waals surface area contributed by atoms with Gasteiger partial charge in [-0.15, -0.1) is 0 Å². The van der Waals surface area contributed by atoms with Crippen molar-refractivity contribution in [3.05, 3.63) is 35.9 Å². The minimum Gasteiger partial charge on any atom is -0.467 e. The summed E-state index contributed by atoms with van der Waals surface area (Å²) in [5.41, 5.74) is -1.08. The van der Waals surface area contributed by atoms with Gasteiger partial charge in [0.25, 0.3) is 0 Å². The van der Waals surface area contributed by atoms with Crippen molar-refractivity contribution in [1.82, 2.24) is 4.90 Å². The second-order valence-electron chi connectivity index (χ2n) is 7.13. The zero-order chi connectivity index (χ0) is 18.0. The Labute approximate surface area is 142 Å². The molecule has 2 atom stereocenters. The van der Waals surface area contributed by atoms with Gasteiger partial charge in [0.05, 0.1) is 19.8 Å². The van der Waals surface area contributed by atoms with E-state index >= 15 is 0 Å². The summed E-state index contributed by atoms with van der Waals surface area (Å²) < 4.78 is 10.4. The van der Waals surface area contributed by atoms with E-state index in [-0.39, 0.29) is 19.4 Å². The van der Waals surface area contributed by atoms with Crippen LogP contribution in [-0.4, -0.2) is 53.0 Å². The number of hydrogen-bond donors (Lipinski definition) is 1. The lowest BCUT2D eigenvalue weighted by molar-refractivity contribution is -0.153. The van der Waals surface area contributed by atoms with Crippen molar-refractivity contribution >= 4 is 12.1 Å². The summed E-state index contributed by atoms with van der Waals surface area (Å²) in [5, 5.41) is 10.1. The van der Waals surface area contributed by atoms with Crippen LogP contribution in [0.2, 0.25) is 0 Å². The molecule has 132 valence electrons. The topological polar surface area (TPSA) is 76.1 Å². The van der Waals surface area contributed by atoms with E-state index < -0.39 is 29.3 Å². The van der Waals surface area contributed by atoms with Crippen LogP contribution >= 0.6 is 0 Å². The van der Waals surface area contributed by atoms with Gasteiger partial charge in [0.2, 0.25) is 0 Å². The highest BCUT2D eigenvalue weighted by Crippen LogP contribution is 2.35. The predicted octanol–water partition coefficient (Wildman–Crippen LogP) is 2.14. The summed E-state index contributed by atoms with van der Waals surface area (Å²) in [7, 11) is 1.28. The van der Waals surface area contributed by atoms with Crippen molar-refractivity contribution in [1.29, 1.82) is 0 Å². The maximum Gasteiger partial charge on any atom is 0.411 e. The van der Waals surface area contributed by atoms with E-state index in [4.69, 9.17) is 9.47 Å². The lowest BCUT2D eigenvalue weighted by Gasteiger charge is -2.36. The molecule has 1 N–H and O–H groups in total. The Morgan fingerprint density at radius 3 is 2.46 bits per heavy atom. The fraction of sp³-hybridized carbons (Fsp3) is 0.556. The van der Waals surface area contributed by atoms with Gasteiger partial charge in [0.15, 0.2) is 5.54 Å². The van der Waals surface area contributed by atoms with Gasteiger partial charge < -0.3 is 14.6 Å². The largest absolute Gasteiger partial charge is 0.467 e. The second-order valence-corrected chi connectivity index (χ2v) is 7.13. The van der Waals surface area contributed by atoms with Crippen LogP contribution in [0.4, 0.5) is 4.79 Å². The Kier molecular flexibility index (Phi) is 5.18. The Morgan fingerprint density at radius 1 is 1.29 bits per heavy atom. The normalized spacial score (nSPS) is 23.9. The van der Waals surface area contributed by atoms with Gasteiger partial charge in [-0.3, -0.25) is 4.90 Å². The van der Waals surface area contributed by atoms with Gasteiger partial charge >= 0.3 is 12.1 Å². The number of aliphatic hydroxyl groups is 1. The van der Waals surface area contributed by atoms with Crippen molar-refractivity contribution < 1.29 is 24.2 Å². The molecule has 2 rings (SSSR count). The van der Waals surface area contributed by atoms with Crippen LogP contribution in [0.25, 0.3) is 0 Å². The van der Waals surface area contributed by atoms with Crippen LogP contribution in [0.15, 0.2) is 30.3 Å². The number of methoxy groups -OCH3 is 1. The molecule has 0 unspecified atom stereocenters. The number of amides is 1. The number of esters is 1. The minimum absolute atomic E-state index is 0.0385. The first-order valence-electron chi connectivity index (χ1n) is 7.99. The van der Waals surface area contributed by atoms with Gasteiger partial charge in [0, 0.05) is 12.8 Å². The highest BCUT2D eigenvalue weighted by atomic mass is 16.6. The fourth-order valence-corrected chi connectivity index (χ4v) is 3.07. The quantitative estimate of drug-likeness (QED) is 0.857. The predicted molar refractivity (Wildman–Crippen MR) is 88.5 cm³/mol. The van der Waals surface area contributed by atoms with Gasteiger partial charge in [-0.1, -0.05) is 30.3 Å². The zero-order valence-electron chi connectivity index (χ0n) is 14.6. The number of ether oxygens (including phenoxy) is 2. The molecule has 6 nitrogen and oxygen atoms in total. The number of aliphatic hydroxyl groups excluding tert-OH is 1. The van der Waals surface area contributed by atoms with Gasteiger partial charge in [0.1, 0.15) is 5.60 Å². The van der Waals surface area contributed by atoms with E-state index in [1.807, 2.05) is 30.3 Å². The molecule has 24 heavy (non-hydrogen) atoms. The first-order chi connectivity index (χ1) is 11.2. The van der Waals surface area contributed by atoms with Crippen LogP contribution in [0.3, 0.4) is 0 Å². The number of likely N-dealkylation sites (tertiary alicyclic amines) is 1. The van der Waals surface area contributed by atoms with Crippen LogP contribution in [-0.2, 0) is 20.7 Å². The SMILES string of the molecule is COC(=O)[C@]1(Cc2ccccc2)C[C@@H](O)CN1C(=O)OC(C)(C)C. The first kappa shape index (κ1) is 18.3. The summed E-state index contributed by atoms with van der Waals surface area (Å²) >= 11 is 0. The summed E-state index contributed by atoms with van der Waals surface area (Å²) in [5.74, 6) is -0.547. The van der Waals surface area contributed by atoms with Crippen LogP contribution in [0, 0.1) is 0 Å². The number of β-amino-alcohol motifs (C(OH)–C–C–N with tert-alkyl or cyclic N) is 1. The molecule has 0 aliphatic carbocycles. The van der Waals surface area contributed by atoms with E-state index in [1.54, 1.807) is 20.8 Å². The molecule has 0 spiro atoms. The summed E-state index contributed by atoms with van der Waals surface area (Å²) in [6, 6.07) is 9.36. The van der Waals surface area contributed by atoms with Gasteiger partial charge in [-0.2, -0.15) is 0 Å². The number of carbonyl (C=O) groups excluding carboxylic acids is 2. The lowest BCUT2D eigenvalue weighted by atomic mass is 9.87. The van der Waals surface area contributed by atoms with Crippen LogP contribution < -0.4 is 0 Å². The van der Waals surface area contributed by atoms with Crippen LogP contribution in [0.1, 0.15) is 32.8 Å². The molecule has 1 aliphatic heterocycles. The molecule has 0 aromatic heterocycles. The van der Waals surface area contributed by atoms with Gasteiger partial charge in [-0.05, 0) is 26.3 Å². The second kappa shape index (κ2) is 6.81. The van der Waals surface area contributed by atoms with E-state index in [0.29, 0.717) is 0 Å². The molecular weight excluding hydrogens is 310 g/mol. The summed E-state index contributed by atoms with van der Waals surface area (Å²) in [4.78, 5) is 26.5. The first-order valence-corrected chi connectivity index (χ1v) is 7.99. The van der Waals surface area contributed by atoms with E-state index in [1.165, 1.54) is 12.0 Å². The van der Waals surface area contributed by atoms with Crippen molar-refractivity contribution in [3.63, 3.8) is 0 Å². The maximum absolute atomic E-state index is 12.6. The van der Waals surface area contributed by atoms with E-state index in [2.05, 4.69) is 0 Å². The number of benzene rings is 1. The lowest BCUT2D eigenvalue weighted by Crippen LogP contribution is -2.56. The average Bonchev–Trinajstić information content (AvgIpc) is 2.83. The monoisotopic (exact) mass is 335 g/mol. The Balaban J connectivity index is 2.38. The number of carbonyl (C=O) groups is 2. The molecule has 0 bridgehead atoms. The standard InChI is InChI=1S/C18H25NO5/c1-17(2,3)24-16(22)19-12-14(20)11-18(19,15(21)23-4)10-13-8-6-5-7-9-13/h5-9,14,20H,10-12H2,1-4H3/t14-,18+/m1/s1. The molecule has 0 radical (unpaired) electrons. The fourth-order valence-electron chi connectivity index (χ4n) is 3.07.